The number of carbonyl (C=O) groups is 2. The molecule has 0 fully saturated rings. The van der Waals surface area contributed by atoms with Crippen molar-refractivity contribution in [2.75, 3.05) is 23.7 Å². The van der Waals surface area contributed by atoms with Gasteiger partial charge in [0.15, 0.2) is 0 Å². The van der Waals surface area contributed by atoms with Crippen LogP contribution in [0.15, 0.2) is 54.6 Å². The second-order valence-electron chi connectivity index (χ2n) is 7.76. The molecule has 1 atom stereocenters. The third-order valence-electron chi connectivity index (χ3n) is 5.22. The van der Waals surface area contributed by atoms with Crippen molar-refractivity contribution in [1.82, 2.24) is 10.2 Å². The van der Waals surface area contributed by atoms with Crippen LogP contribution in [-0.4, -0.2) is 50.5 Å². The fourth-order valence-electron chi connectivity index (χ4n) is 3.27. The van der Waals surface area contributed by atoms with Crippen molar-refractivity contribution in [2.24, 2.45) is 0 Å². The molecule has 0 heterocycles. The fourth-order valence-corrected chi connectivity index (χ4v) is 4.12. The summed E-state index contributed by atoms with van der Waals surface area (Å²) in [5, 5.41) is 2.82. The number of nitrogens with zero attached hydrogens (tertiary/aromatic N) is 2. The Morgan fingerprint density at radius 2 is 1.59 bits per heavy atom. The maximum atomic E-state index is 13.4. The van der Waals surface area contributed by atoms with E-state index in [0.717, 1.165) is 34.5 Å². The lowest BCUT2D eigenvalue weighted by Crippen LogP contribution is -2.51. The summed E-state index contributed by atoms with van der Waals surface area (Å²) in [6, 6.07) is 15.7. The topological polar surface area (TPSA) is 86.8 Å². The molecule has 2 aromatic carbocycles. The normalized spacial score (nSPS) is 12.1. The van der Waals surface area contributed by atoms with Crippen LogP contribution in [0.25, 0.3) is 0 Å². The molecular weight excluding hydrogens is 426 g/mol. The zero-order chi connectivity index (χ0) is 23.7. The van der Waals surface area contributed by atoms with E-state index in [9.17, 15) is 18.0 Å². The van der Waals surface area contributed by atoms with Crippen LogP contribution in [-0.2, 0) is 32.6 Å². The Balaban J connectivity index is 2.33. The summed E-state index contributed by atoms with van der Waals surface area (Å²) < 4.78 is 26.1. The summed E-state index contributed by atoms with van der Waals surface area (Å²) in [7, 11) is -3.71. The lowest BCUT2D eigenvalue weighted by Gasteiger charge is -2.31. The van der Waals surface area contributed by atoms with Gasteiger partial charge < -0.3 is 10.2 Å². The van der Waals surface area contributed by atoms with Crippen LogP contribution in [0.3, 0.4) is 0 Å². The Morgan fingerprint density at radius 3 is 2.12 bits per heavy atom. The van der Waals surface area contributed by atoms with E-state index in [2.05, 4.69) is 5.32 Å². The largest absolute Gasteiger partial charge is 0.354 e. The minimum atomic E-state index is -3.71. The van der Waals surface area contributed by atoms with Crippen molar-refractivity contribution in [1.29, 1.82) is 0 Å². The zero-order valence-corrected chi connectivity index (χ0v) is 20.1. The quantitative estimate of drug-likeness (QED) is 0.560. The molecule has 0 aromatic heterocycles. The van der Waals surface area contributed by atoms with Gasteiger partial charge in [-0.3, -0.25) is 13.9 Å². The average molecular weight is 460 g/mol. The van der Waals surface area contributed by atoms with Crippen molar-refractivity contribution in [3.05, 3.63) is 65.7 Å². The van der Waals surface area contributed by atoms with Gasteiger partial charge in [0.25, 0.3) is 0 Å². The van der Waals surface area contributed by atoms with E-state index < -0.39 is 22.0 Å². The number of sulfonamides is 1. The van der Waals surface area contributed by atoms with Gasteiger partial charge in [-0.25, -0.2) is 8.42 Å². The summed E-state index contributed by atoms with van der Waals surface area (Å²) in [5.41, 5.74) is 2.34. The van der Waals surface area contributed by atoms with Crippen LogP contribution in [0.4, 0.5) is 5.69 Å². The van der Waals surface area contributed by atoms with Gasteiger partial charge >= 0.3 is 0 Å². The Hall–Kier alpha value is -2.87. The van der Waals surface area contributed by atoms with Crippen LogP contribution in [0.2, 0.25) is 0 Å². The van der Waals surface area contributed by atoms with Crippen LogP contribution in [0.5, 0.6) is 0 Å². The van der Waals surface area contributed by atoms with Crippen LogP contribution < -0.4 is 9.62 Å². The first-order chi connectivity index (χ1) is 15.2. The van der Waals surface area contributed by atoms with Gasteiger partial charge in [0.2, 0.25) is 21.8 Å². The molecule has 8 heteroatoms. The van der Waals surface area contributed by atoms with E-state index in [0.29, 0.717) is 12.2 Å². The van der Waals surface area contributed by atoms with Gasteiger partial charge in [0, 0.05) is 13.1 Å². The fraction of sp³-hybridized carbons (Fsp3) is 0.417. The van der Waals surface area contributed by atoms with E-state index in [1.54, 1.807) is 19.1 Å². The highest BCUT2D eigenvalue weighted by molar-refractivity contribution is 7.92. The first kappa shape index (κ1) is 25.4. The molecule has 0 saturated carbocycles. The number of anilines is 1. The maximum absolute atomic E-state index is 13.4. The summed E-state index contributed by atoms with van der Waals surface area (Å²) in [5.74, 6) is -0.715. The molecule has 0 spiro atoms. The minimum Gasteiger partial charge on any atom is -0.354 e. The van der Waals surface area contributed by atoms with E-state index in [1.807, 2.05) is 56.3 Å². The van der Waals surface area contributed by atoms with Gasteiger partial charge in [0.1, 0.15) is 12.6 Å². The number of carbonyl (C=O) groups excluding carboxylic acids is 2. The standard InChI is InChI=1S/C24H33N3O4S/c1-5-16-25-24(29)19(3)26(17-21-10-8-7-9-11-21)23(28)18-27(32(4,30)31)22-14-12-20(6-2)13-15-22/h7-15,19H,5-6,16-18H2,1-4H3,(H,25,29)/t19-/m0/s1. The van der Waals surface area contributed by atoms with Gasteiger partial charge in [-0.1, -0.05) is 56.3 Å². The van der Waals surface area contributed by atoms with E-state index in [4.69, 9.17) is 0 Å². The van der Waals surface area contributed by atoms with Crippen molar-refractivity contribution in [2.45, 2.75) is 46.2 Å². The summed E-state index contributed by atoms with van der Waals surface area (Å²) in [6.07, 6.45) is 2.68. The number of rotatable bonds is 11. The molecule has 2 aromatic rings. The number of benzene rings is 2. The molecule has 7 nitrogen and oxygen atoms in total. The van der Waals surface area contributed by atoms with Crippen molar-refractivity contribution in [3.8, 4) is 0 Å². The molecule has 0 unspecified atom stereocenters. The first-order valence-electron chi connectivity index (χ1n) is 10.8. The van der Waals surface area contributed by atoms with Gasteiger partial charge in [0.05, 0.1) is 11.9 Å². The SMILES string of the molecule is CCCNC(=O)[C@H](C)N(Cc1ccccc1)C(=O)CN(c1ccc(CC)cc1)S(C)(=O)=O. The van der Waals surface area contributed by atoms with Crippen LogP contribution in [0.1, 0.15) is 38.3 Å². The lowest BCUT2D eigenvalue weighted by molar-refractivity contribution is -0.139. The number of nitrogens with one attached hydrogen (secondary N) is 1. The summed E-state index contributed by atoms with van der Waals surface area (Å²) in [6.45, 7) is 5.95. The molecule has 174 valence electrons. The molecule has 0 aliphatic carbocycles. The second kappa shape index (κ2) is 11.7. The van der Waals surface area contributed by atoms with Gasteiger partial charge in [-0.2, -0.15) is 0 Å². The van der Waals surface area contributed by atoms with Crippen LogP contribution >= 0.6 is 0 Å². The summed E-state index contributed by atoms with van der Waals surface area (Å²) in [4.78, 5) is 27.4. The van der Waals surface area contributed by atoms with Crippen LogP contribution in [0, 0.1) is 0 Å². The highest BCUT2D eigenvalue weighted by Crippen LogP contribution is 2.20. The molecule has 1 N–H and O–H groups in total. The molecule has 32 heavy (non-hydrogen) atoms. The molecule has 0 radical (unpaired) electrons. The van der Waals surface area contributed by atoms with Crippen molar-refractivity contribution < 1.29 is 18.0 Å². The van der Waals surface area contributed by atoms with Gasteiger partial charge in [-0.15, -0.1) is 0 Å². The first-order valence-corrected chi connectivity index (χ1v) is 12.7. The molecule has 0 bridgehead atoms. The number of amides is 2. The smallest absolute Gasteiger partial charge is 0.244 e. The third kappa shape index (κ3) is 7.09. The second-order valence-corrected chi connectivity index (χ2v) is 9.67. The monoisotopic (exact) mass is 459 g/mol. The predicted octanol–water partition coefficient (Wildman–Crippen LogP) is 2.96. The third-order valence-corrected chi connectivity index (χ3v) is 6.36. The van der Waals surface area contributed by atoms with Crippen molar-refractivity contribution >= 4 is 27.5 Å². The molecule has 0 saturated heterocycles. The molecule has 0 aliphatic heterocycles. The number of hydrogen-bond donors (Lipinski definition) is 1. The predicted molar refractivity (Wildman–Crippen MR) is 128 cm³/mol. The summed E-state index contributed by atoms with van der Waals surface area (Å²) >= 11 is 0. The Morgan fingerprint density at radius 1 is 0.969 bits per heavy atom. The molecule has 0 aliphatic rings. The average Bonchev–Trinajstić information content (AvgIpc) is 2.78. The Bertz CT molecular complexity index is 992. The maximum Gasteiger partial charge on any atom is 0.244 e. The molecule has 2 amide bonds. The Labute approximate surface area is 191 Å². The van der Waals surface area contributed by atoms with Crippen molar-refractivity contribution in [3.63, 3.8) is 0 Å². The van der Waals surface area contributed by atoms with E-state index >= 15 is 0 Å². The highest BCUT2D eigenvalue weighted by Gasteiger charge is 2.29. The molecule has 2 rings (SSSR count). The minimum absolute atomic E-state index is 0.201. The Kier molecular flexibility index (Phi) is 9.26. The lowest BCUT2D eigenvalue weighted by atomic mass is 10.1. The van der Waals surface area contributed by atoms with Gasteiger partial charge in [-0.05, 0) is 43.0 Å². The number of aryl methyl sites for hydroxylation is 1. The molecular formula is C24H33N3O4S. The highest BCUT2D eigenvalue weighted by atomic mass is 32.2. The van der Waals surface area contributed by atoms with E-state index in [1.165, 1.54) is 4.90 Å². The zero-order valence-electron chi connectivity index (χ0n) is 19.2. The number of hydrogen-bond acceptors (Lipinski definition) is 4. The van der Waals surface area contributed by atoms with E-state index in [-0.39, 0.29) is 19.0 Å².